The van der Waals surface area contributed by atoms with Crippen LogP contribution in [0, 0.1) is 0 Å². The molecule has 0 spiro atoms. The number of methoxy groups -OCH3 is 1. The van der Waals surface area contributed by atoms with Crippen LogP contribution in [0.15, 0.2) is 30.3 Å². The van der Waals surface area contributed by atoms with Gasteiger partial charge in [-0.2, -0.15) is 0 Å². The van der Waals surface area contributed by atoms with E-state index in [1.54, 1.807) is 7.11 Å². The van der Waals surface area contributed by atoms with E-state index in [0.717, 1.165) is 38.0 Å². The molecule has 0 radical (unpaired) electrons. The van der Waals surface area contributed by atoms with Crippen LogP contribution in [0.1, 0.15) is 43.1 Å². The van der Waals surface area contributed by atoms with Crippen molar-refractivity contribution in [1.82, 2.24) is 30.0 Å². The zero-order valence-electron chi connectivity index (χ0n) is 16.2. The third-order valence-electron chi connectivity index (χ3n) is 5.98. The highest BCUT2D eigenvalue weighted by Gasteiger charge is 2.32. The van der Waals surface area contributed by atoms with Gasteiger partial charge in [-0.3, -0.25) is 9.80 Å². The molecule has 2 fully saturated rings. The molecule has 7 nitrogen and oxygen atoms in total. The van der Waals surface area contributed by atoms with Gasteiger partial charge in [0, 0.05) is 39.3 Å². The van der Waals surface area contributed by atoms with Crippen molar-refractivity contribution >= 4 is 0 Å². The summed E-state index contributed by atoms with van der Waals surface area (Å²) in [5, 5.41) is 12.6. The molecule has 1 aliphatic heterocycles. The van der Waals surface area contributed by atoms with Crippen LogP contribution in [0.5, 0.6) is 0 Å². The van der Waals surface area contributed by atoms with Crippen molar-refractivity contribution in [3.8, 4) is 0 Å². The number of tetrazole rings is 1. The number of rotatable bonds is 7. The van der Waals surface area contributed by atoms with Crippen molar-refractivity contribution in [3.63, 3.8) is 0 Å². The van der Waals surface area contributed by atoms with E-state index in [9.17, 15) is 0 Å². The Morgan fingerprint density at radius 2 is 1.81 bits per heavy atom. The Bertz CT molecular complexity index is 692. The van der Waals surface area contributed by atoms with E-state index in [0.29, 0.717) is 13.2 Å². The third kappa shape index (κ3) is 4.20. The lowest BCUT2D eigenvalue weighted by atomic mass is 10.0. The van der Waals surface area contributed by atoms with Gasteiger partial charge in [0.2, 0.25) is 0 Å². The van der Waals surface area contributed by atoms with Crippen LogP contribution in [-0.4, -0.2) is 75.9 Å². The van der Waals surface area contributed by atoms with Gasteiger partial charge in [-0.05, 0) is 28.8 Å². The number of hydrogen-bond donors (Lipinski definition) is 0. The molecule has 1 aliphatic carbocycles. The average Bonchev–Trinajstić information content (AvgIpc) is 3.41. The summed E-state index contributed by atoms with van der Waals surface area (Å²) in [7, 11) is 1.71. The fourth-order valence-corrected chi connectivity index (χ4v) is 4.53. The molecule has 1 atom stereocenters. The fourth-order valence-electron chi connectivity index (χ4n) is 4.53. The van der Waals surface area contributed by atoms with Crippen molar-refractivity contribution in [2.45, 2.75) is 44.3 Å². The Labute approximate surface area is 161 Å². The number of hydrogen-bond acceptors (Lipinski definition) is 6. The molecule has 0 amide bonds. The Kier molecular flexibility index (Phi) is 6.11. The summed E-state index contributed by atoms with van der Waals surface area (Å²) in [5.74, 6) is 0.910. The van der Waals surface area contributed by atoms with Crippen LogP contribution in [-0.2, 0) is 11.3 Å². The van der Waals surface area contributed by atoms with Crippen LogP contribution in [0.25, 0.3) is 0 Å². The first-order valence-corrected chi connectivity index (χ1v) is 10.1. The Morgan fingerprint density at radius 1 is 1.07 bits per heavy atom. The molecule has 1 saturated heterocycles. The van der Waals surface area contributed by atoms with Gasteiger partial charge in [-0.1, -0.05) is 43.2 Å². The van der Waals surface area contributed by atoms with Crippen molar-refractivity contribution in [2.24, 2.45) is 0 Å². The van der Waals surface area contributed by atoms with E-state index in [4.69, 9.17) is 4.74 Å². The minimum atomic E-state index is 0.0868. The number of nitrogens with zero attached hydrogens (tertiary/aromatic N) is 6. The molecule has 2 aromatic rings. The van der Waals surface area contributed by atoms with Crippen LogP contribution in [0.4, 0.5) is 0 Å². The molecule has 0 N–H and O–H groups in total. The molecule has 2 aliphatic rings. The fraction of sp³-hybridized carbons (Fsp3) is 0.650. The highest BCUT2D eigenvalue weighted by Crippen LogP contribution is 2.30. The second kappa shape index (κ2) is 8.91. The van der Waals surface area contributed by atoms with Crippen LogP contribution in [0.2, 0.25) is 0 Å². The zero-order chi connectivity index (χ0) is 18.5. The number of ether oxygens (including phenoxy) is 1. The predicted molar refractivity (Wildman–Crippen MR) is 103 cm³/mol. The highest BCUT2D eigenvalue weighted by atomic mass is 16.5. The number of piperazine rings is 1. The second-order valence-corrected chi connectivity index (χ2v) is 7.58. The van der Waals surface area contributed by atoms with Crippen molar-refractivity contribution in [3.05, 3.63) is 41.7 Å². The van der Waals surface area contributed by atoms with E-state index in [1.165, 1.54) is 31.2 Å². The first-order chi connectivity index (χ1) is 13.4. The average molecular weight is 371 g/mol. The molecule has 0 bridgehead atoms. The predicted octanol–water partition coefficient (Wildman–Crippen LogP) is 1.97. The third-order valence-corrected chi connectivity index (χ3v) is 5.98. The van der Waals surface area contributed by atoms with Gasteiger partial charge in [0.05, 0.1) is 19.2 Å². The Balaban J connectivity index is 1.54. The summed E-state index contributed by atoms with van der Waals surface area (Å²) in [4.78, 5) is 5.23. The molecule has 146 valence electrons. The van der Waals surface area contributed by atoms with E-state index in [2.05, 4.69) is 55.7 Å². The van der Waals surface area contributed by atoms with E-state index < -0.39 is 0 Å². The van der Waals surface area contributed by atoms with Gasteiger partial charge in [0.1, 0.15) is 0 Å². The summed E-state index contributed by atoms with van der Waals surface area (Å²) >= 11 is 0. The maximum absolute atomic E-state index is 5.24. The van der Waals surface area contributed by atoms with Gasteiger partial charge in [-0.25, -0.2) is 4.68 Å². The highest BCUT2D eigenvalue weighted by molar-refractivity contribution is 5.25. The lowest BCUT2D eigenvalue weighted by Crippen LogP contribution is -2.51. The summed E-state index contributed by atoms with van der Waals surface area (Å²) in [6, 6.07) is 11.5. The van der Waals surface area contributed by atoms with Crippen LogP contribution >= 0.6 is 0 Å². The van der Waals surface area contributed by atoms with Gasteiger partial charge < -0.3 is 4.74 Å². The molecule has 27 heavy (non-hydrogen) atoms. The second-order valence-electron chi connectivity index (χ2n) is 7.58. The van der Waals surface area contributed by atoms with Crippen molar-refractivity contribution in [2.75, 3.05) is 39.9 Å². The number of aromatic nitrogens is 4. The quantitative estimate of drug-likeness (QED) is 0.743. The Hall–Kier alpha value is -1.83. The summed E-state index contributed by atoms with van der Waals surface area (Å²) in [6.45, 7) is 5.64. The summed E-state index contributed by atoms with van der Waals surface area (Å²) < 4.78 is 7.13. The molecule has 4 rings (SSSR count). The Morgan fingerprint density at radius 3 is 2.52 bits per heavy atom. The monoisotopic (exact) mass is 370 g/mol. The lowest BCUT2D eigenvalue weighted by molar-refractivity contribution is 0.0763. The molecule has 1 aromatic carbocycles. The van der Waals surface area contributed by atoms with Crippen molar-refractivity contribution in [1.29, 1.82) is 0 Å². The molecule has 1 saturated carbocycles. The molecular weight excluding hydrogens is 340 g/mol. The van der Waals surface area contributed by atoms with Gasteiger partial charge in [0.15, 0.2) is 5.82 Å². The molecule has 1 unspecified atom stereocenters. The SMILES string of the molecule is COCCn1nnnc1C(c1ccccc1)N1CCN(C2CCCC2)CC1. The summed E-state index contributed by atoms with van der Waals surface area (Å²) in [5.41, 5.74) is 1.25. The smallest absolute Gasteiger partial charge is 0.173 e. The maximum Gasteiger partial charge on any atom is 0.173 e. The first-order valence-electron chi connectivity index (χ1n) is 10.1. The molecular formula is C20H30N6O. The minimum Gasteiger partial charge on any atom is -0.383 e. The molecule has 7 heteroatoms. The lowest BCUT2D eigenvalue weighted by Gasteiger charge is -2.41. The largest absolute Gasteiger partial charge is 0.383 e. The number of benzene rings is 1. The zero-order valence-corrected chi connectivity index (χ0v) is 16.2. The van der Waals surface area contributed by atoms with Gasteiger partial charge in [0.25, 0.3) is 0 Å². The van der Waals surface area contributed by atoms with Crippen LogP contribution in [0.3, 0.4) is 0 Å². The van der Waals surface area contributed by atoms with Crippen molar-refractivity contribution < 1.29 is 4.74 Å². The topological polar surface area (TPSA) is 59.3 Å². The summed E-state index contributed by atoms with van der Waals surface area (Å²) in [6.07, 6.45) is 5.53. The minimum absolute atomic E-state index is 0.0868. The standard InChI is InChI=1S/C20H30N6O/c1-27-16-15-26-20(21-22-23-26)19(17-7-3-2-4-8-17)25-13-11-24(12-14-25)18-9-5-6-10-18/h2-4,7-8,18-19H,5-6,9-16H2,1H3. The van der Waals surface area contributed by atoms with Gasteiger partial charge in [-0.15, -0.1) is 5.10 Å². The van der Waals surface area contributed by atoms with Gasteiger partial charge >= 0.3 is 0 Å². The molecule has 1 aromatic heterocycles. The maximum atomic E-state index is 5.24. The first kappa shape index (κ1) is 18.5. The van der Waals surface area contributed by atoms with Crippen LogP contribution < -0.4 is 0 Å². The van der Waals surface area contributed by atoms with E-state index in [1.807, 2.05) is 4.68 Å². The normalized spacial score (nSPS) is 20.9. The van der Waals surface area contributed by atoms with E-state index in [-0.39, 0.29) is 6.04 Å². The van der Waals surface area contributed by atoms with E-state index >= 15 is 0 Å². The molecule has 2 heterocycles.